The number of nitrogens with two attached hydrogens (primary N) is 4. The van der Waals surface area contributed by atoms with Crippen molar-refractivity contribution >= 4 is 23.0 Å². The van der Waals surface area contributed by atoms with Crippen molar-refractivity contribution < 1.29 is 9.98 Å². The number of nitrogen functional groups attached to an aromatic ring is 4. The lowest BCUT2D eigenvalue weighted by Gasteiger charge is -1.98. The average Bonchev–Trinajstić information content (AvgIpc) is 2.51. The predicted octanol–water partition coefficient (Wildman–Crippen LogP) is -2.88. The molecule has 2 rings (SSSR count). The van der Waals surface area contributed by atoms with Crippen LogP contribution < -0.4 is 32.9 Å². The van der Waals surface area contributed by atoms with Gasteiger partial charge in [0.25, 0.3) is 11.7 Å². The van der Waals surface area contributed by atoms with Crippen LogP contribution in [0.5, 0.6) is 0 Å². The van der Waals surface area contributed by atoms with Crippen molar-refractivity contribution in [3.05, 3.63) is 59.7 Å². The van der Waals surface area contributed by atoms with Crippen LogP contribution in [0.3, 0.4) is 0 Å². The minimum atomic E-state index is 0.580. The Kier molecular flexibility index (Phi) is 4.98. The Hall–Kier alpha value is -3.02. The summed E-state index contributed by atoms with van der Waals surface area (Å²) in [5.74, 6) is 1.16. The van der Waals surface area contributed by atoms with Gasteiger partial charge < -0.3 is 11.5 Å². The fourth-order valence-corrected chi connectivity index (χ4v) is 2.01. The third-order valence-corrected chi connectivity index (χ3v) is 3.15. The minimum absolute atomic E-state index is 0.580. The Morgan fingerprint density at radius 1 is 0.727 bits per heavy atom. The fourth-order valence-electron chi connectivity index (χ4n) is 2.01. The molecule has 0 unspecified atom stereocenters. The number of rotatable bonds is 5. The molecule has 0 atom stereocenters. The van der Waals surface area contributed by atoms with Crippen molar-refractivity contribution in [1.82, 2.24) is 0 Å². The molecular weight excluding hydrogens is 276 g/mol. The van der Waals surface area contributed by atoms with Gasteiger partial charge in [-0.25, -0.2) is 0 Å². The number of hydrogen-bond donors (Lipinski definition) is 6. The summed E-state index contributed by atoms with van der Waals surface area (Å²) in [5, 5.41) is 0. The summed E-state index contributed by atoms with van der Waals surface area (Å²) in [6.07, 6.45) is 0. The molecule has 22 heavy (non-hydrogen) atoms. The summed E-state index contributed by atoms with van der Waals surface area (Å²) in [6, 6.07) is 14.8. The monoisotopic (exact) mass is 298 g/mol. The zero-order valence-corrected chi connectivity index (χ0v) is 12.3. The maximum absolute atomic E-state index is 5.98. The molecule has 0 spiro atoms. The first-order chi connectivity index (χ1) is 10.6. The number of amidine groups is 2. The van der Waals surface area contributed by atoms with E-state index >= 15 is 0 Å². The number of hydrogen-bond acceptors (Lipinski definition) is 2. The van der Waals surface area contributed by atoms with E-state index in [0.29, 0.717) is 36.1 Å². The van der Waals surface area contributed by atoms with Gasteiger partial charge >= 0.3 is 0 Å². The zero-order chi connectivity index (χ0) is 15.9. The van der Waals surface area contributed by atoms with Crippen LogP contribution in [0.15, 0.2) is 48.5 Å². The third kappa shape index (κ3) is 4.24. The summed E-state index contributed by atoms with van der Waals surface area (Å²) in [7, 11) is 0. The largest absolute Gasteiger partial charge is 0.399 e. The first-order valence-corrected chi connectivity index (χ1v) is 7.00. The Balaban J connectivity index is 1.95. The molecule has 6 heteroatoms. The molecule has 0 aliphatic heterocycles. The summed E-state index contributed by atoms with van der Waals surface area (Å²) in [4.78, 5) is 6.25. The van der Waals surface area contributed by atoms with E-state index in [9.17, 15) is 0 Å². The molecule has 0 bridgehead atoms. The molecule has 6 nitrogen and oxygen atoms in total. The molecule has 0 radical (unpaired) electrons. The molecule has 0 aliphatic carbocycles. The normalized spacial score (nSPS) is 12.4. The summed E-state index contributed by atoms with van der Waals surface area (Å²) >= 11 is 0. The quantitative estimate of drug-likeness (QED) is 0.153. The Morgan fingerprint density at radius 3 is 1.50 bits per heavy atom. The topological polar surface area (TPSA) is 132 Å². The van der Waals surface area contributed by atoms with E-state index in [0.717, 1.165) is 11.1 Å². The lowest BCUT2D eigenvalue weighted by atomic mass is 10.2. The zero-order valence-electron chi connectivity index (χ0n) is 12.3. The molecule has 0 fully saturated rings. The third-order valence-electron chi connectivity index (χ3n) is 3.15. The van der Waals surface area contributed by atoms with Crippen molar-refractivity contribution in [3.63, 3.8) is 0 Å². The van der Waals surface area contributed by atoms with Crippen LogP contribution in [0.2, 0.25) is 0 Å². The van der Waals surface area contributed by atoms with Crippen LogP contribution >= 0.6 is 0 Å². The first-order valence-electron chi connectivity index (χ1n) is 7.00. The second kappa shape index (κ2) is 7.12. The maximum atomic E-state index is 5.98. The fraction of sp³-hybridized carbons (Fsp3) is 0.125. The smallest absolute Gasteiger partial charge is 0.273 e. The standard InChI is InChI=1S/C16H20N6/c17-13-5-1-3-11(9-13)15(19)21-7-8-22-16(20)12-4-2-6-14(18)10-12/h1-6,9-10H,7-8,17-18H2,(H2,19,21)(H2,20,22)/p+2. The molecule has 0 amide bonds. The highest BCUT2D eigenvalue weighted by Gasteiger charge is 2.05. The molecular formula is C16H22N6+2. The molecule has 114 valence electrons. The van der Waals surface area contributed by atoms with Gasteiger partial charge in [-0.15, -0.1) is 0 Å². The molecule has 10 N–H and O–H groups in total. The second-order valence-corrected chi connectivity index (χ2v) is 4.93. The van der Waals surface area contributed by atoms with Crippen molar-refractivity contribution in [2.75, 3.05) is 24.6 Å². The molecule has 0 aliphatic rings. The van der Waals surface area contributed by atoms with E-state index in [-0.39, 0.29) is 0 Å². The lowest BCUT2D eigenvalue weighted by Crippen LogP contribution is -2.86. The summed E-state index contributed by atoms with van der Waals surface area (Å²) in [5.41, 5.74) is 26.5. The second-order valence-electron chi connectivity index (χ2n) is 4.93. The number of nitrogens with one attached hydrogen (secondary N) is 2. The lowest BCUT2D eigenvalue weighted by molar-refractivity contribution is -0.538. The molecule has 0 heterocycles. The van der Waals surface area contributed by atoms with Crippen molar-refractivity contribution in [3.8, 4) is 0 Å². The number of benzene rings is 2. The van der Waals surface area contributed by atoms with E-state index in [1.54, 1.807) is 0 Å². The summed E-state index contributed by atoms with van der Waals surface area (Å²) < 4.78 is 0. The van der Waals surface area contributed by atoms with E-state index in [2.05, 4.69) is 9.98 Å². The average molecular weight is 298 g/mol. The van der Waals surface area contributed by atoms with Crippen LogP contribution in [0.4, 0.5) is 11.4 Å². The van der Waals surface area contributed by atoms with Crippen LogP contribution in [0.25, 0.3) is 0 Å². The predicted molar refractivity (Wildman–Crippen MR) is 90.0 cm³/mol. The van der Waals surface area contributed by atoms with Crippen molar-refractivity contribution in [2.45, 2.75) is 0 Å². The Bertz CT molecular complexity index is 644. The molecule has 0 saturated heterocycles. The van der Waals surface area contributed by atoms with Gasteiger partial charge in [0.05, 0.1) is 11.1 Å². The highest BCUT2D eigenvalue weighted by atomic mass is 14.9. The van der Waals surface area contributed by atoms with Gasteiger partial charge in [0.1, 0.15) is 13.1 Å². The van der Waals surface area contributed by atoms with Crippen LogP contribution in [-0.4, -0.2) is 24.8 Å². The van der Waals surface area contributed by atoms with Crippen LogP contribution in [0.1, 0.15) is 11.1 Å². The molecule has 0 saturated carbocycles. The maximum Gasteiger partial charge on any atom is 0.273 e. The van der Waals surface area contributed by atoms with E-state index in [1.165, 1.54) is 0 Å². The van der Waals surface area contributed by atoms with Gasteiger partial charge in [-0.2, -0.15) is 0 Å². The van der Waals surface area contributed by atoms with Gasteiger partial charge in [0.2, 0.25) is 0 Å². The highest BCUT2D eigenvalue weighted by Crippen LogP contribution is 2.04. The van der Waals surface area contributed by atoms with Crippen LogP contribution in [-0.2, 0) is 0 Å². The van der Waals surface area contributed by atoms with Crippen molar-refractivity contribution in [2.24, 2.45) is 11.5 Å². The molecule has 2 aromatic carbocycles. The molecule has 0 aromatic heterocycles. The Labute approximate surface area is 129 Å². The van der Waals surface area contributed by atoms with E-state index in [1.807, 2.05) is 48.5 Å². The summed E-state index contributed by atoms with van der Waals surface area (Å²) in [6.45, 7) is 1.26. The Morgan fingerprint density at radius 2 is 1.14 bits per heavy atom. The van der Waals surface area contributed by atoms with Crippen molar-refractivity contribution in [1.29, 1.82) is 0 Å². The van der Waals surface area contributed by atoms with Gasteiger partial charge in [0, 0.05) is 11.4 Å². The molecule has 2 aromatic rings. The van der Waals surface area contributed by atoms with E-state index < -0.39 is 0 Å². The first kappa shape index (κ1) is 15.4. The minimum Gasteiger partial charge on any atom is -0.399 e. The number of anilines is 2. The van der Waals surface area contributed by atoms with Gasteiger partial charge in [0.15, 0.2) is 0 Å². The van der Waals surface area contributed by atoms with Gasteiger partial charge in [-0.05, 0) is 36.4 Å². The van der Waals surface area contributed by atoms with Gasteiger partial charge in [-0.1, -0.05) is 12.1 Å². The van der Waals surface area contributed by atoms with E-state index in [4.69, 9.17) is 22.9 Å². The SMILES string of the molecule is NC(=[NH+]CC[NH+]=C(N)c1cccc(N)c1)c1cccc(N)c1. The van der Waals surface area contributed by atoms with Crippen LogP contribution in [0, 0.1) is 0 Å². The van der Waals surface area contributed by atoms with Gasteiger partial charge in [-0.3, -0.25) is 21.5 Å². The highest BCUT2D eigenvalue weighted by molar-refractivity contribution is 5.94.